The number of nitrogens with one attached hydrogen (secondary N) is 1. The number of rotatable bonds is 7. The molecule has 1 aromatic carbocycles. The average molecular weight is 709 g/mol. The van der Waals surface area contributed by atoms with Gasteiger partial charge in [0.05, 0.1) is 11.5 Å². The van der Waals surface area contributed by atoms with Crippen LogP contribution < -0.4 is 5.32 Å². The van der Waals surface area contributed by atoms with E-state index in [0.29, 0.717) is 65.2 Å². The number of halogens is 1. The van der Waals surface area contributed by atoms with Crippen LogP contribution in [0.2, 0.25) is 0 Å². The smallest absolute Gasteiger partial charge is 0.252 e. The maximum atomic E-state index is 12.0. The van der Waals surface area contributed by atoms with Gasteiger partial charge in [0.2, 0.25) is 0 Å². The number of carbonyl (C=O) groups is 1. The highest BCUT2D eigenvalue weighted by atomic mass is 35.5. The molecule has 0 radical (unpaired) electrons. The van der Waals surface area contributed by atoms with Crippen molar-refractivity contribution in [1.29, 1.82) is 0 Å². The number of carbonyl (C=O) groups excluding carboxylic acids is 1. The molecule has 3 unspecified atom stereocenters. The number of fused-ring (bicyclic) bond motifs is 7. The number of hydrogen-bond acceptors (Lipinski definition) is 5. The summed E-state index contributed by atoms with van der Waals surface area (Å²) in [6.45, 7) is 23.1. The molecule has 7 rings (SSSR count). The molecule has 1 heterocycles. The summed E-state index contributed by atoms with van der Waals surface area (Å²) in [6.07, 6.45) is 13.9. The van der Waals surface area contributed by atoms with Gasteiger partial charge in [0.15, 0.2) is 9.84 Å². The third-order valence-corrected chi connectivity index (χ3v) is 18.2. The van der Waals surface area contributed by atoms with Crippen molar-refractivity contribution in [3.05, 3.63) is 53.6 Å². The quantitative estimate of drug-likeness (QED) is 0.227. The van der Waals surface area contributed by atoms with Crippen LogP contribution in [-0.2, 0) is 9.84 Å². The summed E-state index contributed by atoms with van der Waals surface area (Å²) in [7, 11) is -2.86. The predicted molar refractivity (Wildman–Crippen MR) is 202 cm³/mol. The van der Waals surface area contributed by atoms with Crippen LogP contribution >= 0.6 is 11.6 Å². The zero-order valence-corrected chi connectivity index (χ0v) is 32.6. The third-order valence-electron chi connectivity index (χ3n) is 16.4. The van der Waals surface area contributed by atoms with E-state index in [4.69, 9.17) is 11.6 Å². The van der Waals surface area contributed by atoms with Gasteiger partial charge in [0.1, 0.15) is 0 Å². The van der Waals surface area contributed by atoms with Gasteiger partial charge >= 0.3 is 0 Å². The highest BCUT2D eigenvalue weighted by Crippen LogP contribution is 2.76. The Morgan fingerprint density at radius 1 is 0.918 bits per heavy atom. The van der Waals surface area contributed by atoms with E-state index in [-0.39, 0.29) is 21.8 Å². The van der Waals surface area contributed by atoms with Gasteiger partial charge in [-0.1, -0.05) is 65.0 Å². The number of benzene rings is 1. The number of allylic oxidation sites excluding steroid dienone is 3. The van der Waals surface area contributed by atoms with Gasteiger partial charge < -0.3 is 10.2 Å². The summed E-state index contributed by atoms with van der Waals surface area (Å²) in [5.74, 6) is 3.78. The lowest BCUT2D eigenvalue weighted by atomic mass is 9.33. The molecule has 1 aliphatic heterocycles. The minimum Gasteiger partial charge on any atom is -0.310 e. The van der Waals surface area contributed by atoms with Crippen LogP contribution in [0, 0.1) is 51.2 Å². The van der Waals surface area contributed by atoms with Crippen molar-refractivity contribution in [2.45, 2.75) is 105 Å². The fourth-order valence-electron chi connectivity index (χ4n) is 13.8. The fraction of sp³-hybridized carbons (Fsp3) is 0.738. The van der Waals surface area contributed by atoms with Gasteiger partial charge in [0, 0.05) is 37.3 Å². The number of hydrogen-bond donors (Lipinski definition) is 1. The summed E-state index contributed by atoms with van der Waals surface area (Å²) in [6, 6.07) is 7.97. The topological polar surface area (TPSA) is 66.5 Å². The molecule has 6 aliphatic rings. The zero-order chi connectivity index (χ0) is 35.2. The maximum Gasteiger partial charge on any atom is 0.252 e. The van der Waals surface area contributed by atoms with E-state index in [0.717, 1.165) is 19.5 Å². The van der Waals surface area contributed by atoms with Crippen molar-refractivity contribution < 1.29 is 13.2 Å². The van der Waals surface area contributed by atoms with Gasteiger partial charge in [-0.15, -0.1) is 0 Å². The fourth-order valence-corrected chi connectivity index (χ4v) is 15.2. The summed E-state index contributed by atoms with van der Waals surface area (Å²) in [5.41, 5.74) is 5.62. The van der Waals surface area contributed by atoms with E-state index in [1.165, 1.54) is 68.1 Å². The second-order valence-electron chi connectivity index (χ2n) is 18.7. The van der Waals surface area contributed by atoms with Crippen molar-refractivity contribution in [1.82, 2.24) is 10.2 Å². The number of sulfone groups is 1. The zero-order valence-electron chi connectivity index (χ0n) is 31.0. The molecule has 0 bridgehead atoms. The molecule has 0 amide bonds. The highest BCUT2D eigenvalue weighted by molar-refractivity contribution is 7.91. The van der Waals surface area contributed by atoms with E-state index in [1.807, 2.05) is 12.1 Å². The van der Waals surface area contributed by atoms with Gasteiger partial charge in [-0.25, -0.2) is 8.42 Å². The summed E-state index contributed by atoms with van der Waals surface area (Å²) >= 11 is 5.78. The van der Waals surface area contributed by atoms with E-state index in [2.05, 4.69) is 76.5 Å². The second kappa shape index (κ2) is 12.3. The molecule has 0 spiro atoms. The SMILES string of the molecule is C=C(C)[C@@H]1CCC2(NCCN3CCS(=O)(=O)CC3)CC[C@]3(C)[C@H](CC[C@@H]4C5(C)CC=C(c6ccc(C(=O)Cl)cc6)C(C)(C)[C@@H]5CCC43C)[C@@H]12. The van der Waals surface area contributed by atoms with Crippen LogP contribution in [0.3, 0.4) is 0 Å². The molecule has 5 fully saturated rings. The first-order valence-corrected chi connectivity index (χ1v) is 21.5. The predicted octanol–water partition coefficient (Wildman–Crippen LogP) is 8.79. The molecule has 7 heteroatoms. The highest BCUT2D eigenvalue weighted by Gasteiger charge is 2.70. The summed E-state index contributed by atoms with van der Waals surface area (Å²) in [4.78, 5) is 14.1. The van der Waals surface area contributed by atoms with E-state index < -0.39 is 15.1 Å². The van der Waals surface area contributed by atoms with Crippen LogP contribution in [0.4, 0.5) is 0 Å². The van der Waals surface area contributed by atoms with Gasteiger partial charge in [-0.2, -0.15) is 0 Å². The largest absolute Gasteiger partial charge is 0.310 e. The lowest BCUT2D eigenvalue weighted by molar-refractivity contribution is -0.219. The molecule has 5 nitrogen and oxygen atoms in total. The Balaban J connectivity index is 1.15. The maximum absolute atomic E-state index is 12.0. The first-order valence-electron chi connectivity index (χ1n) is 19.3. The molecule has 49 heavy (non-hydrogen) atoms. The average Bonchev–Trinajstić information content (AvgIpc) is 3.42. The van der Waals surface area contributed by atoms with Crippen molar-refractivity contribution in [3.8, 4) is 0 Å². The Bertz CT molecular complexity index is 1620. The number of nitrogens with zero attached hydrogens (tertiary/aromatic N) is 1. The second-order valence-corrected chi connectivity index (χ2v) is 21.3. The summed E-state index contributed by atoms with van der Waals surface area (Å²) in [5, 5.41) is 3.82. The Labute approximate surface area is 302 Å². The van der Waals surface area contributed by atoms with Gasteiger partial charge in [-0.05, 0) is 151 Å². The van der Waals surface area contributed by atoms with Crippen LogP contribution in [0.5, 0.6) is 0 Å². The van der Waals surface area contributed by atoms with E-state index in [9.17, 15) is 13.2 Å². The molecule has 4 saturated carbocycles. The summed E-state index contributed by atoms with van der Waals surface area (Å²) < 4.78 is 24.0. The first-order chi connectivity index (χ1) is 23.0. The van der Waals surface area contributed by atoms with E-state index in [1.54, 1.807) is 0 Å². The van der Waals surface area contributed by atoms with Gasteiger partial charge in [0.25, 0.3) is 5.24 Å². The normalized spacial score (nSPS) is 42.6. The standard InChI is InChI=1S/C42H61ClN2O3S/c1-28(2)31-14-19-42(44-22-23-45-24-26-49(47,48)27-25-45)21-20-40(6)33(36(31)42)12-13-35-39(5)17-15-32(29-8-10-30(11-9-29)37(43)46)38(3,4)34(39)16-18-41(35,40)7/h8-11,15,31,33-36,44H,1,12-14,16-27H2,2-7H3/t31-,33+,34-,35+,36+,39?,40+,41?,42?/m0/s1. The first kappa shape index (κ1) is 35.9. The molecule has 1 aromatic rings. The van der Waals surface area contributed by atoms with Crippen molar-refractivity contribution in [2.75, 3.05) is 37.7 Å². The van der Waals surface area contributed by atoms with Crippen LogP contribution in [-0.4, -0.2) is 61.8 Å². The Hall–Kier alpha value is -1.47. The van der Waals surface area contributed by atoms with Crippen molar-refractivity contribution in [2.24, 2.45) is 51.2 Å². The lowest BCUT2D eigenvalue weighted by Gasteiger charge is -2.72. The van der Waals surface area contributed by atoms with Crippen LogP contribution in [0.15, 0.2) is 42.5 Å². The van der Waals surface area contributed by atoms with Crippen LogP contribution in [0.25, 0.3) is 5.57 Å². The molecule has 0 aromatic heterocycles. The molecule has 1 N–H and O–H groups in total. The minimum atomic E-state index is -2.86. The third kappa shape index (κ3) is 5.59. The Morgan fingerprint density at radius 3 is 2.27 bits per heavy atom. The molecular weight excluding hydrogens is 648 g/mol. The molecular formula is C42H61ClN2O3S. The molecule has 5 aliphatic carbocycles. The Kier molecular flexibility index (Phi) is 9.02. The lowest BCUT2D eigenvalue weighted by Crippen LogP contribution is -2.68. The molecule has 270 valence electrons. The molecule has 1 saturated heterocycles. The van der Waals surface area contributed by atoms with Crippen LogP contribution in [0.1, 0.15) is 115 Å². The van der Waals surface area contributed by atoms with Gasteiger partial charge in [-0.3, -0.25) is 4.79 Å². The van der Waals surface area contributed by atoms with Crippen molar-refractivity contribution >= 4 is 32.3 Å². The molecule has 9 atom stereocenters. The monoisotopic (exact) mass is 708 g/mol. The van der Waals surface area contributed by atoms with Crippen molar-refractivity contribution in [3.63, 3.8) is 0 Å². The van der Waals surface area contributed by atoms with E-state index >= 15 is 0 Å². The Morgan fingerprint density at radius 2 is 1.61 bits per heavy atom. The minimum absolute atomic E-state index is 0.0409.